The van der Waals surface area contributed by atoms with E-state index in [0.29, 0.717) is 11.6 Å². The SMILES string of the molecule is Cc1ccccc1C(OCc1cccc(C(=O)O)c1)(c1nccn1C)c1nccn1C. The lowest BCUT2D eigenvalue weighted by Gasteiger charge is -2.34. The molecule has 0 radical (unpaired) electrons. The molecule has 0 fully saturated rings. The molecule has 2 heterocycles. The van der Waals surface area contributed by atoms with Crippen molar-refractivity contribution < 1.29 is 14.6 Å². The molecule has 7 heteroatoms. The molecule has 4 rings (SSSR count). The van der Waals surface area contributed by atoms with E-state index in [-0.39, 0.29) is 12.2 Å². The molecule has 2 aromatic carbocycles. The highest BCUT2D eigenvalue weighted by molar-refractivity contribution is 5.87. The van der Waals surface area contributed by atoms with Gasteiger partial charge in [0.1, 0.15) is 0 Å². The summed E-state index contributed by atoms with van der Waals surface area (Å²) in [6.07, 6.45) is 7.22. The predicted octanol–water partition coefficient (Wildman–Crippen LogP) is 3.67. The second-order valence-electron chi connectivity index (χ2n) is 7.51. The van der Waals surface area contributed by atoms with Crippen molar-refractivity contribution in [3.05, 3.63) is 107 Å². The van der Waals surface area contributed by atoms with Crippen LogP contribution in [0, 0.1) is 6.92 Å². The number of aromatic nitrogens is 4. The van der Waals surface area contributed by atoms with Crippen LogP contribution >= 0.6 is 0 Å². The van der Waals surface area contributed by atoms with Crippen LogP contribution in [-0.4, -0.2) is 30.2 Å². The molecule has 0 amide bonds. The van der Waals surface area contributed by atoms with Crippen molar-refractivity contribution in [1.82, 2.24) is 19.1 Å². The number of aryl methyl sites for hydroxylation is 3. The van der Waals surface area contributed by atoms with Crippen molar-refractivity contribution >= 4 is 5.97 Å². The normalized spacial score (nSPS) is 11.6. The molecule has 1 N–H and O–H groups in total. The van der Waals surface area contributed by atoms with Gasteiger partial charge in [0, 0.05) is 44.4 Å². The van der Waals surface area contributed by atoms with E-state index in [9.17, 15) is 9.90 Å². The molecule has 7 nitrogen and oxygen atoms in total. The average Bonchev–Trinajstić information content (AvgIpc) is 3.39. The summed E-state index contributed by atoms with van der Waals surface area (Å²) in [7, 11) is 3.85. The highest BCUT2D eigenvalue weighted by atomic mass is 16.5. The Morgan fingerprint density at radius 2 is 1.65 bits per heavy atom. The van der Waals surface area contributed by atoms with Gasteiger partial charge in [0.15, 0.2) is 11.6 Å². The number of hydrogen-bond donors (Lipinski definition) is 1. The number of carbonyl (C=O) groups is 1. The fourth-order valence-corrected chi connectivity index (χ4v) is 3.91. The third-order valence-corrected chi connectivity index (χ3v) is 5.43. The van der Waals surface area contributed by atoms with Crippen molar-refractivity contribution in [2.24, 2.45) is 14.1 Å². The second kappa shape index (κ2) is 8.20. The maximum atomic E-state index is 11.4. The van der Waals surface area contributed by atoms with Gasteiger partial charge >= 0.3 is 5.97 Å². The Hall–Kier alpha value is -3.71. The first-order valence-electron chi connectivity index (χ1n) is 9.91. The molecule has 4 aromatic rings. The van der Waals surface area contributed by atoms with Crippen molar-refractivity contribution in [3.63, 3.8) is 0 Å². The first-order chi connectivity index (χ1) is 14.9. The van der Waals surface area contributed by atoms with Crippen LogP contribution in [0.15, 0.2) is 73.3 Å². The fourth-order valence-electron chi connectivity index (χ4n) is 3.91. The number of hydrogen-bond acceptors (Lipinski definition) is 4. The second-order valence-corrected chi connectivity index (χ2v) is 7.51. The topological polar surface area (TPSA) is 82.2 Å². The smallest absolute Gasteiger partial charge is 0.335 e. The molecule has 0 bridgehead atoms. The summed E-state index contributed by atoms with van der Waals surface area (Å²) >= 11 is 0. The first-order valence-corrected chi connectivity index (χ1v) is 9.91. The van der Waals surface area contributed by atoms with Gasteiger partial charge in [0.2, 0.25) is 5.60 Å². The van der Waals surface area contributed by atoms with Crippen molar-refractivity contribution in [2.45, 2.75) is 19.1 Å². The zero-order valence-electron chi connectivity index (χ0n) is 17.7. The number of ether oxygens (including phenoxy) is 1. The van der Waals surface area contributed by atoms with Crippen molar-refractivity contribution in [2.75, 3.05) is 0 Å². The van der Waals surface area contributed by atoms with E-state index in [1.807, 2.05) is 72.9 Å². The number of aromatic carboxylic acids is 1. The third-order valence-electron chi connectivity index (χ3n) is 5.43. The molecular weight excluding hydrogens is 392 g/mol. The quantitative estimate of drug-likeness (QED) is 0.497. The van der Waals surface area contributed by atoms with E-state index in [1.54, 1.807) is 30.6 Å². The average molecular weight is 416 g/mol. The summed E-state index contributed by atoms with van der Waals surface area (Å²) in [5, 5.41) is 9.36. The summed E-state index contributed by atoms with van der Waals surface area (Å²) in [5.41, 5.74) is 1.83. The number of rotatable bonds is 7. The molecule has 2 aromatic heterocycles. The minimum atomic E-state index is -1.10. The van der Waals surface area contributed by atoms with Gasteiger partial charge in [-0.15, -0.1) is 0 Å². The van der Waals surface area contributed by atoms with E-state index < -0.39 is 11.6 Å². The molecule has 31 heavy (non-hydrogen) atoms. The van der Waals surface area contributed by atoms with E-state index in [2.05, 4.69) is 9.97 Å². The minimum absolute atomic E-state index is 0.176. The molecule has 0 spiro atoms. The standard InChI is InChI=1S/C24H24N4O3/c1-17-7-4-5-10-20(17)24(22-25-11-13-27(22)2,23-26-12-14-28(23)3)31-16-18-8-6-9-19(15-18)21(29)30/h4-15H,16H2,1-3H3,(H,29,30). The van der Waals surface area contributed by atoms with Crippen molar-refractivity contribution in [3.8, 4) is 0 Å². The van der Waals surface area contributed by atoms with Gasteiger partial charge in [0.25, 0.3) is 0 Å². The van der Waals surface area contributed by atoms with Gasteiger partial charge in [0.05, 0.1) is 12.2 Å². The first kappa shape index (κ1) is 20.6. The summed E-state index contributed by atoms with van der Waals surface area (Å²) in [6.45, 7) is 2.21. The molecule has 158 valence electrons. The Balaban J connectivity index is 1.91. The summed E-state index contributed by atoms with van der Waals surface area (Å²) in [6, 6.07) is 14.8. The van der Waals surface area contributed by atoms with Crippen LogP contribution in [0.1, 0.15) is 38.7 Å². The highest BCUT2D eigenvalue weighted by Gasteiger charge is 2.45. The fraction of sp³-hybridized carbons (Fsp3) is 0.208. The summed E-state index contributed by atoms with van der Waals surface area (Å²) in [4.78, 5) is 20.7. The minimum Gasteiger partial charge on any atom is -0.478 e. The van der Waals surface area contributed by atoms with Crippen LogP contribution in [0.5, 0.6) is 0 Å². The number of benzene rings is 2. The van der Waals surface area contributed by atoms with Gasteiger partial charge in [-0.2, -0.15) is 0 Å². The molecule has 0 saturated heterocycles. The zero-order chi connectivity index (χ0) is 22.0. The lowest BCUT2D eigenvalue weighted by atomic mass is 9.87. The molecule has 0 aliphatic carbocycles. The van der Waals surface area contributed by atoms with Crippen LogP contribution in [0.2, 0.25) is 0 Å². The Morgan fingerprint density at radius 3 is 2.19 bits per heavy atom. The van der Waals surface area contributed by atoms with E-state index in [4.69, 9.17) is 4.74 Å². The lowest BCUT2D eigenvalue weighted by Crippen LogP contribution is -2.38. The highest BCUT2D eigenvalue weighted by Crippen LogP contribution is 2.40. The molecule has 0 saturated carbocycles. The molecule has 0 atom stereocenters. The van der Waals surface area contributed by atoms with E-state index in [0.717, 1.165) is 16.7 Å². The maximum absolute atomic E-state index is 11.4. The predicted molar refractivity (Wildman–Crippen MR) is 116 cm³/mol. The number of carboxylic acids is 1. The molecule has 0 aliphatic rings. The van der Waals surface area contributed by atoms with Crippen LogP contribution < -0.4 is 0 Å². The van der Waals surface area contributed by atoms with Crippen LogP contribution in [0.4, 0.5) is 0 Å². The molecular formula is C24H24N4O3. The Labute approximate surface area is 180 Å². The monoisotopic (exact) mass is 416 g/mol. The van der Waals surface area contributed by atoms with Crippen LogP contribution in [-0.2, 0) is 31.0 Å². The Bertz CT molecular complexity index is 1180. The van der Waals surface area contributed by atoms with Crippen LogP contribution in [0.25, 0.3) is 0 Å². The summed E-state index contributed by atoms with van der Waals surface area (Å²) < 4.78 is 10.6. The molecule has 0 aliphatic heterocycles. The number of imidazole rings is 2. The zero-order valence-corrected chi connectivity index (χ0v) is 17.7. The molecule has 0 unspecified atom stereocenters. The van der Waals surface area contributed by atoms with Gasteiger partial charge in [-0.25, -0.2) is 14.8 Å². The largest absolute Gasteiger partial charge is 0.478 e. The number of carboxylic acid groups (broad SMARTS) is 1. The van der Waals surface area contributed by atoms with Crippen LogP contribution in [0.3, 0.4) is 0 Å². The van der Waals surface area contributed by atoms with Gasteiger partial charge < -0.3 is 19.0 Å². The van der Waals surface area contributed by atoms with E-state index >= 15 is 0 Å². The third kappa shape index (κ3) is 3.64. The number of nitrogens with zero attached hydrogens (tertiary/aromatic N) is 4. The van der Waals surface area contributed by atoms with Gasteiger partial charge in [-0.3, -0.25) is 0 Å². The Morgan fingerprint density at radius 1 is 1.00 bits per heavy atom. The van der Waals surface area contributed by atoms with Gasteiger partial charge in [-0.1, -0.05) is 36.4 Å². The van der Waals surface area contributed by atoms with Crippen molar-refractivity contribution in [1.29, 1.82) is 0 Å². The van der Waals surface area contributed by atoms with Gasteiger partial charge in [-0.05, 0) is 30.2 Å². The van der Waals surface area contributed by atoms with E-state index in [1.165, 1.54) is 0 Å². The lowest BCUT2D eigenvalue weighted by molar-refractivity contribution is -0.0159. The Kier molecular flexibility index (Phi) is 5.44. The summed E-state index contributed by atoms with van der Waals surface area (Å²) in [5.74, 6) is 0.399. The maximum Gasteiger partial charge on any atom is 0.335 e.